The summed E-state index contributed by atoms with van der Waals surface area (Å²) in [7, 11) is 3.57. The van der Waals surface area contributed by atoms with Crippen LogP contribution in [0.3, 0.4) is 0 Å². The van der Waals surface area contributed by atoms with Gasteiger partial charge in [-0.2, -0.15) is 5.10 Å². The van der Waals surface area contributed by atoms with Crippen LogP contribution in [0, 0.1) is 0 Å². The second-order valence-electron chi connectivity index (χ2n) is 4.15. The Labute approximate surface area is 121 Å². The van der Waals surface area contributed by atoms with Crippen molar-refractivity contribution in [1.29, 1.82) is 0 Å². The lowest BCUT2D eigenvalue weighted by Gasteiger charge is -2.07. The molecule has 0 aliphatic heterocycles. The monoisotopic (exact) mass is 324 g/mol. The zero-order valence-electron chi connectivity index (χ0n) is 11.3. The molecule has 0 N–H and O–H groups in total. The van der Waals surface area contributed by atoms with Gasteiger partial charge in [0, 0.05) is 7.05 Å². The molecular formula is C14H17BrN2O2. The summed E-state index contributed by atoms with van der Waals surface area (Å²) in [4.78, 5) is 0. The topological polar surface area (TPSA) is 36.3 Å². The van der Waals surface area contributed by atoms with Gasteiger partial charge in [0.2, 0.25) is 0 Å². The third-order valence-corrected chi connectivity index (χ3v) is 3.85. The minimum atomic E-state index is 0.483. The molecule has 1 aromatic carbocycles. The Hall–Kier alpha value is -1.49. The summed E-state index contributed by atoms with van der Waals surface area (Å²) in [6.45, 7) is 2.57. The first-order valence-electron chi connectivity index (χ1n) is 6.12. The quantitative estimate of drug-likeness (QED) is 0.846. The van der Waals surface area contributed by atoms with E-state index < -0.39 is 0 Å². The van der Waals surface area contributed by atoms with Crippen molar-refractivity contribution in [3.63, 3.8) is 0 Å². The molecule has 19 heavy (non-hydrogen) atoms. The van der Waals surface area contributed by atoms with Gasteiger partial charge in [-0.1, -0.05) is 6.92 Å². The van der Waals surface area contributed by atoms with Crippen molar-refractivity contribution in [2.75, 3.05) is 7.11 Å². The van der Waals surface area contributed by atoms with E-state index in [0.717, 1.165) is 33.8 Å². The van der Waals surface area contributed by atoms with E-state index in [1.165, 1.54) is 0 Å². The first kappa shape index (κ1) is 13.9. The Morgan fingerprint density at radius 3 is 2.37 bits per heavy atom. The van der Waals surface area contributed by atoms with E-state index in [0.29, 0.717) is 6.61 Å². The average Bonchev–Trinajstić information content (AvgIpc) is 2.72. The van der Waals surface area contributed by atoms with Crippen LogP contribution in [0.5, 0.6) is 11.5 Å². The maximum atomic E-state index is 5.76. The third-order valence-electron chi connectivity index (χ3n) is 2.94. The van der Waals surface area contributed by atoms with Crippen LogP contribution in [0.15, 0.2) is 28.7 Å². The molecule has 2 rings (SSSR count). The van der Waals surface area contributed by atoms with Crippen LogP contribution < -0.4 is 9.47 Å². The summed E-state index contributed by atoms with van der Waals surface area (Å²) in [5, 5.41) is 4.44. The number of benzene rings is 1. The average molecular weight is 325 g/mol. The van der Waals surface area contributed by atoms with Gasteiger partial charge < -0.3 is 9.47 Å². The molecule has 0 radical (unpaired) electrons. The standard InChI is InChI=1S/C14H17BrN2O2/c1-4-12-14(15)13(17(2)16-12)9-19-11-7-5-10(18-3)6-8-11/h5-8H,4,9H2,1-3H3. The molecule has 0 atom stereocenters. The molecule has 0 saturated heterocycles. The molecule has 0 bridgehead atoms. The summed E-state index contributed by atoms with van der Waals surface area (Å²) in [5.74, 6) is 1.63. The van der Waals surface area contributed by atoms with E-state index >= 15 is 0 Å². The number of rotatable bonds is 5. The maximum absolute atomic E-state index is 5.76. The van der Waals surface area contributed by atoms with Crippen molar-refractivity contribution in [1.82, 2.24) is 9.78 Å². The van der Waals surface area contributed by atoms with Crippen LogP contribution in [0.25, 0.3) is 0 Å². The number of hydrogen-bond donors (Lipinski definition) is 0. The van der Waals surface area contributed by atoms with Crippen molar-refractivity contribution < 1.29 is 9.47 Å². The van der Waals surface area contributed by atoms with Crippen molar-refractivity contribution in [3.05, 3.63) is 40.1 Å². The first-order valence-corrected chi connectivity index (χ1v) is 6.92. The molecule has 0 aliphatic carbocycles. The van der Waals surface area contributed by atoms with Crippen molar-refractivity contribution in [3.8, 4) is 11.5 Å². The minimum absolute atomic E-state index is 0.483. The van der Waals surface area contributed by atoms with Gasteiger partial charge in [-0.15, -0.1) is 0 Å². The minimum Gasteiger partial charge on any atom is -0.497 e. The van der Waals surface area contributed by atoms with Crippen LogP contribution in [0.4, 0.5) is 0 Å². The van der Waals surface area contributed by atoms with E-state index in [-0.39, 0.29) is 0 Å². The summed E-state index contributed by atoms with van der Waals surface area (Å²) >= 11 is 3.58. The molecule has 2 aromatic rings. The fourth-order valence-electron chi connectivity index (χ4n) is 1.80. The Morgan fingerprint density at radius 1 is 1.21 bits per heavy atom. The fraction of sp³-hybridized carbons (Fsp3) is 0.357. The van der Waals surface area contributed by atoms with Gasteiger partial charge in [-0.3, -0.25) is 4.68 Å². The highest BCUT2D eigenvalue weighted by atomic mass is 79.9. The lowest BCUT2D eigenvalue weighted by atomic mass is 10.3. The fourth-order valence-corrected chi connectivity index (χ4v) is 2.53. The summed E-state index contributed by atoms with van der Waals surface area (Å²) in [6, 6.07) is 7.55. The largest absolute Gasteiger partial charge is 0.497 e. The molecule has 5 heteroatoms. The smallest absolute Gasteiger partial charge is 0.131 e. The van der Waals surface area contributed by atoms with Crippen LogP contribution in [0.1, 0.15) is 18.3 Å². The Balaban J connectivity index is 2.07. The van der Waals surface area contributed by atoms with Crippen LogP contribution in [-0.4, -0.2) is 16.9 Å². The molecular weight excluding hydrogens is 308 g/mol. The van der Waals surface area contributed by atoms with Crippen molar-refractivity contribution in [2.24, 2.45) is 7.05 Å². The molecule has 0 aliphatic rings. The number of nitrogens with zero attached hydrogens (tertiary/aromatic N) is 2. The van der Waals surface area contributed by atoms with Crippen LogP contribution in [0.2, 0.25) is 0 Å². The molecule has 0 amide bonds. The maximum Gasteiger partial charge on any atom is 0.131 e. The highest BCUT2D eigenvalue weighted by molar-refractivity contribution is 9.10. The molecule has 1 heterocycles. The normalized spacial score (nSPS) is 10.5. The SMILES string of the molecule is CCc1nn(C)c(COc2ccc(OC)cc2)c1Br. The summed E-state index contributed by atoms with van der Waals surface area (Å²) in [5.41, 5.74) is 2.09. The van der Waals surface area contributed by atoms with Crippen molar-refractivity contribution in [2.45, 2.75) is 20.0 Å². The highest BCUT2D eigenvalue weighted by Crippen LogP contribution is 2.24. The molecule has 102 valence electrons. The molecule has 1 aromatic heterocycles. The number of aryl methyl sites for hydroxylation is 2. The number of aromatic nitrogens is 2. The second-order valence-corrected chi connectivity index (χ2v) is 4.94. The number of ether oxygens (including phenoxy) is 2. The van der Waals surface area contributed by atoms with Gasteiger partial charge in [0.25, 0.3) is 0 Å². The van der Waals surface area contributed by atoms with E-state index in [1.807, 2.05) is 36.0 Å². The van der Waals surface area contributed by atoms with Crippen LogP contribution in [-0.2, 0) is 20.1 Å². The van der Waals surface area contributed by atoms with E-state index in [1.54, 1.807) is 7.11 Å². The Bertz CT molecular complexity index is 549. The molecule has 0 fully saturated rings. The van der Waals surface area contributed by atoms with Gasteiger partial charge in [0.05, 0.1) is 23.0 Å². The predicted molar refractivity (Wildman–Crippen MR) is 77.6 cm³/mol. The zero-order chi connectivity index (χ0) is 13.8. The molecule has 0 unspecified atom stereocenters. The van der Waals surface area contributed by atoms with Gasteiger partial charge in [-0.05, 0) is 46.6 Å². The number of methoxy groups -OCH3 is 1. The number of halogens is 1. The van der Waals surface area contributed by atoms with Crippen molar-refractivity contribution >= 4 is 15.9 Å². The van der Waals surface area contributed by atoms with Gasteiger partial charge in [-0.25, -0.2) is 0 Å². The van der Waals surface area contributed by atoms with Crippen LogP contribution >= 0.6 is 15.9 Å². The lowest BCUT2D eigenvalue weighted by Crippen LogP contribution is -2.03. The van der Waals surface area contributed by atoms with Gasteiger partial charge >= 0.3 is 0 Å². The molecule has 0 saturated carbocycles. The van der Waals surface area contributed by atoms with E-state index in [2.05, 4.69) is 28.0 Å². The zero-order valence-corrected chi connectivity index (χ0v) is 12.9. The second kappa shape index (κ2) is 6.10. The Morgan fingerprint density at radius 2 is 1.84 bits per heavy atom. The van der Waals surface area contributed by atoms with E-state index in [9.17, 15) is 0 Å². The Kier molecular flexibility index (Phi) is 4.47. The predicted octanol–water partition coefficient (Wildman–Crippen LogP) is 3.33. The lowest BCUT2D eigenvalue weighted by molar-refractivity contribution is 0.293. The van der Waals surface area contributed by atoms with Gasteiger partial charge in [0.1, 0.15) is 18.1 Å². The summed E-state index contributed by atoms with van der Waals surface area (Å²) < 4.78 is 13.8. The first-order chi connectivity index (χ1) is 9.15. The number of hydrogen-bond acceptors (Lipinski definition) is 3. The molecule has 0 spiro atoms. The molecule has 4 nitrogen and oxygen atoms in total. The third kappa shape index (κ3) is 3.10. The summed E-state index contributed by atoms with van der Waals surface area (Å²) in [6.07, 6.45) is 0.900. The van der Waals surface area contributed by atoms with Gasteiger partial charge in [0.15, 0.2) is 0 Å². The van der Waals surface area contributed by atoms with E-state index in [4.69, 9.17) is 9.47 Å². The highest BCUT2D eigenvalue weighted by Gasteiger charge is 2.12.